The van der Waals surface area contributed by atoms with Gasteiger partial charge in [-0.05, 0) is 60.7 Å². The van der Waals surface area contributed by atoms with Gasteiger partial charge in [0.05, 0.1) is 6.04 Å². The lowest BCUT2D eigenvalue weighted by Crippen LogP contribution is -2.30. The summed E-state index contributed by atoms with van der Waals surface area (Å²) >= 11 is 3.53. The maximum Gasteiger partial charge on any atom is 0.123 e. The molecule has 0 bridgehead atoms. The molecule has 3 N–H and O–H groups in total. The van der Waals surface area contributed by atoms with Gasteiger partial charge in [-0.3, -0.25) is 11.3 Å². The van der Waals surface area contributed by atoms with Crippen molar-refractivity contribution >= 4 is 15.9 Å². The molecule has 4 heteroatoms. The molecule has 0 aliphatic heterocycles. The number of hydrogen-bond acceptors (Lipinski definition) is 2. The van der Waals surface area contributed by atoms with E-state index >= 15 is 0 Å². The molecule has 0 saturated heterocycles. The summed E-state index contributed by atoms with van der Waals surface area (Å²) in [6.45, 7) is 4.03. The van der Waals surface area contributed by atoms with Crippen molar-refractivity contribution in [2.75, 3.05) is 0 Å². The van der Waals surface area contributed by atoms with Crippen molar-refractivity contribution in [2.45, 2.75) is 26.3 Å². The Balaban J connectivity index is 2.34. The van der Waals surface area contributed by atoms with Gasteiger partial charge in [-0.15, -0.1) is 0 Å². The van der Waals surface area contributed by atoms with Gasteiger partial charge in [0.15, 0.2) is 0 Å². The molecule has 0 spiro atoms. The fraction of sp³-hybridized carbons (Fsp3) is 0.250. The van der Waals surface area contributed by atoms with E-state index in [-0.39, 0.29) is 11.9 Å². The predicted molar refractivity (Wildman–Crippen MR) is 83.8 cm³/mol. The maximum absolute atomic E-state index is 13.4. The van der Waals surface area contributed by atoms with E-state index in [0.29, 0.717) is 6.42 Å². The van der Waals surface area contributed by atoms with Crippen molar-refractivity contribution in [2.24, 2.45) is 5.84 Å². The number of nitrogens with one attached hydrogen (secondary N) is 1. The molecule has 0 amide bonds. The van der Waals surface area contributed by atoms with Gasteiger partial charge in [-0.25, -0.2) is 4.39 Å². The Kier molecular flexibility index (Phi) is 4.91. The van der Waals surface area contributed by atoms with Gasteiger partial charge in [-0.2, -0.15) is 0 Å². The van der Waals surface area contributed by atoms with Gasteiger partial charge < -0.3 is 0 Å². The molecule has 106 valence electrons. The summed E-state index contributed by atoms with van der Waals surface area (Å²) in [6, 6.07) is 10.8. The molecule has 0 heterocycles. The van der Waals surface area contributed by atoms with E-state index in [1.54, 1.807) is 12.1 Å². The Morgan fingerprint density at radius 3 is 2.70 bits per heavy atom. The lowest BCUT2D eigenvalue weighted by molar-refractivity contribution is 0.544. The molecule has 1 unspecified atom stereocenters. The molecule has 2 aromatic rings. The number of hydrazine groups is 1. The largest absolute Gasteiger partial charge is 0.271 e. The summed E-state index contributed by atoms with van der Waals surface area (Å²) in [4.78, 5) is 0. The highest BCUT2D eigenvalue weighted by Gasteiger charge is 2.15. The minimum absolute atomic E-state index is 0.0481. The predicted octanol–water partition coefficient (Wildman–Crippen LogP) is 3.95. The normalized spacial score (nSPS) is 12.4. The highest BCUT2D eigenvalue weighted by atomic mass is 79.9. The van der Waals surface area contributed by atoms with Gasteiger partial charge in [-0.1, -0.05) is 34.1 Å². The third-order valence-corrected chi connectivity index (χ3v) is 4.48. The zero-order valence-corrected chi connectivity index (χ0v) is 13.2. The monoisotopic (exact) mass is 336 g/mol. The summed E-state index contributed by atoms with van der Waals surface area (Å²) in [5.41, 5.74) is 7.13. The zero-order valence-electron chi connectivity index (χ0n) is 11.6. The second-order valence-corrected chi connectivity index (χ2v) is 5.80. The van der Waals surface area contributed by atoms with Gasteiger partial charge >= 0.3 is 0 Å². The van der Waals surface area contributed by atoms with E-state index in [2.05, 4.69) is 21.4 Å². The maximum atomic E-state index is 13.4. The molecule has 2 aromatic carbocycles. The molecule has 0 aliphatic carbocycles. The standard InChI is InChI=1S/C16H18BrFN2/c1-10-6-7-13(18)8-12(10)9-16(20-19)14-4-3-5-15(17)11(14)2/h3-8,16,20H,9,19H2,1-2H3. The Morgan fingerprint density at radius 1 is 1.25 bits per heavy atom. The summed E-state index contributed by atoms with van der Waals surface area (Å²) in [5.74, 6) is 5.49. The first-order valence-corrected chi connectivity index (χ1v) is 7.28. The number of benzene rings is 2. The van der Waals surface area contributed by atoms with Crippen molar-refractivity contribution in [3.8, 4) is 0 Å². The van der Waals surface area contributed by atoms with Crippen LogP contribution < -0.4 is 11.3 Å². The zero-order chi connectivity index (χ0) is 14.7. The van der Waals surface area contributed by atoms with Gasteiger partial charge in [0.1, 0.15) is 5.82 Å². The summed E-state index contributed by atoms with van der Waals surface area (Å²) in [6.07, 6.45) is 0.650. The topological polar surface area (TPSA) is 38.0 Å². The van der Waals surface area contributed by atoms with Crippen molar-refractivity contribution < 1.29 is 4.39 Å². The summed E-state index contributed by atoms with van der Waals surface area (Å²) < 4.78 is 14.4. The van der Waals surface area contributed by atoms with Crippen LogP contribution in [0.1, 0.15) is 28.3 Å². The Morgan fingerprint density at radius 2 is 2.00 bits per heavy atom. The second kappa shape index (κ2) is 6.48. The molecule has 2 nitrogen and oxygen atoms in total. The van der Waals surface area contributed by atoms with Gasteiger partial charge in [0, 0.05) is 4.47 Å². The third-order valence-electron chi connectivity index (χ3n) is 3.62. The van der Waals surface area contributed by atoms with Crippen LogP contribution in [0.2, 0.25) is 0 Å². The van der Waals surface area contributed by atoms with Crippen molar-refractivity contribution in [3.63, 3.8) is 0 Å². The molecule has 1 atom stereocenters. The average Bonchev–Trinajstić information content (AvgIpc) is 2.43. The first-order valence-electron chi connectivity index (χ1n) is 6.49. The number of halogens is 2. The summed E-state index contributed by atoms with van der Waals surface area (Å²) in [5, 5.41) is 0. The van der Waals surface area contributed by atoms with Crippen LogP contribution in [0.15, 0.2) is 40.9 Å². The van der Waals surface area contributed by atoms with Crippen LogP contribution in [0.4, 0.5) is 4.39 Å². The number of aryl methyl sites for hydroxylation is 1. The summed E-state index contributed by atoms with van der Waals surface area (Å²) in [7, 11) is 0. The van der Waals surface area contributed by atoms with Crippen LogP contribution in [0.25, 0.3) is 0 Å². The fourth-order valence-corrected chi connectivity index (χ4v) is 2.72. The number of hydrogen-bond donors (Lipinski definition) is 2. The smallest absolute Gasteiger partial charge is 0.123 e. The van der Waals surface area contributed by atoms with E-state index in [4.69, 9.17) is 5.84 Å². The Labute approximate surface area is 127 Å². The van der Waals surface area contributed by atoms with E-state index in [0.717, 1.165) is 26.7 Å². The molecule has 20 heavy (non-hydrogen) atoms. The van der Waals surface area contributed by atoms with E-state index in [1.807, 2.05) is 32.0 Å². The first-order chi connectivity index (χ1) is 9.52. The van der Waals surface area contributed by atoms with Crippen molar-refractivity contribution in [1.29, 1.82) is 0 Å². The van der Waals surface area contributed by atoms with Gasteiger partial charge in [0.25, 0.3) is 0 Å². The lowest BCUT2D eigenvalue weighted by atomic mass is 9.94. The first kappa shape index (κ1) is 15.2. The quantitative estimate of drug-likeness (QED) is 0.655. The highest BCUT2D eigenvalue weighted by molar-refractivity contribution is 9.10. The third kappa shape index (κ3) is 3.26. The molecule has 0 radical (unpaired) electrons. The van der Waals surface area contributed by atoms with E-state index in [9.17, 15) is 4.39 Å². The Hall–Kier alpha value is -1.23. The number of nitrogens with two attached hydrogens (primary N) is 1. The van der Waals surface area contributed by atoms with Crippen molar-refractivity contribution in [1.82, 2.24) is 5.43 Å². The van der Waals surface area contributed by atoms with E-state index in [1.165, 1.54) is 6.07 Å². The minimum Gasteiger partial charge on any atom is -0.271 e. The van der Waals surface area contributed by atoms with Crippen LogP contribution in [-0.4, -0.2) is 0 Å². The van der Waals surface area contributed by atoms with Crippen LogP contribution >= 0.6 is 15.9 Å². The molecule has 2 rings (SSSR count). The van der Waals surface area contributed by atoms with E-state index < -0.39 is 0 Å². The molecular weight excluding hydrogens is 319 g/mol. The van der Waals surface area contributed by atoms with Crippen LogP contribution in [-0.2, 0) is 6.42 Å². The van der Waals surface area contributed by atoms with Crippen molar-refractivity contribution in [3.05, 3.63) is 68.9 Å². The van der Waals surface area contributed by atoms with Crippen LogP contribution in [0.3, 0.4) is 0 Å². The minimum atomic E-state index is -0.215. The fourth-order valence-electron chi connectivity index (χ4n) is 2.34. The number of rotatable bonds is 4. The molecule has 0 saturated carbocycles. The van der Waals surface area contributed by atoms with Gasteiger partial charge in [0.2, 0.25) is 0 Å². The molecule has 0 aromatic heterocycles. The second-order valence-electron chi connectivity index (χ2n) is 4.95. The Bertz CT molecular complexity index is 613. The SMILES string of the molecule is Cc1ccc(F)cc1CC(NN)c1cccc(Br)c1C. The van der Waals surface area contributed by atoms with Crippen LogP contribution in [0, 0.1) is 19.7 Å². The molecular formula is C16H18BrFN2. The lowest BCUT2D eigenvalue weighted by Gasteiger charge is -2.20. The van der Waals surface area contributed by atoms with Crippen LogP contribution in [0.5, 0.6) is 0 Å². The highest BCUT2D eigenvalue weighted by Crippen LogP contribution is 2.27. The molecule has 0 fully saturated rings. The average molecular weight is 337 g/mol. The molecule has 0 aliphatic rings.